The number of hydrogen-bond donors (Lipinski definition) is 0. The summed E-state index contributed by atoms with van der Waals surface area (Å²) < 4.78 is 7.04. The number of rotatable bonds is 27. The minimum Gasteiger partial charge on any atom is -0.407 e. The number of ketones is 1. The fourth-order valence-corrected chi connectivity index (χ4v) is 11.4. The van der Waals surface area contributed by atoms with Crippen molar-refractivity contribution in [3.8, 4) is 0 Å². The highest BCUT2D eigenvalue weighted by Gasteiger charge is 2.49. The summed E-state index contributed by atoms with van der Waals surface area (Å²) in [5.41, 5.74) is 0. The van der Waals surface area contributed by atoms with Crippen LogP contribution in [0, 0.1) is 0 Å². The molecule has 3 heteroatoms. The zero-order valence-corrected chi connectivity index (χ0v) is 30.4. The molecular weight excluding hydrogens is 553 g/mol. The number of hydrogen-bond acceptors (Lipinski definition) is 2. The van der Waals surface area contributed by atoms with Gasteiger partial charge in [-0.25, -0.2) is 0 Å². The number of benzene rings is 2. The summed E-state index contributed by atoms with van der Waals surface area (Å²) >= 11 is 0. The van der Waals surface area contributed by atoms with Gasteiger partial charge in [0.05, 0.1) is 0 Å². The summed E-state index contributed by atoms with van der Waals surface area (Å²) in [6.45, 7) is 10.2. The monoisotopic (exact) mass is 620 g/mol. The first-order valence-corrected chi connectivity index (χ1v) is 20.6. The smallest absolute Gasteiger partial charge is 0.261 e. The van der Waals surface area contributed by atoms with Crippen LogP contribution in [0.4, 0.5) is 0 Å². The lowest BCUT2D eigenvalue weighted by Crippen LogP contribution is -2.66. The van der Waals surface area contributed by atoms with Gasteiger partial charge in [0.15, 0.2) is 0 Å². The third kappa shape index (κ3) is 15.0. The van der Waals surface area contributed by atoms with Gasteiger partial charge >= 0.3 is 0 Å². The normalized spacial score (nSPS) is 12.1. The average Bonchev–Trinajstić information content (AvgIpc) is 3.02. The summed E-state index contributed by atoms with van der Waals surface area (Å²) in [6.07, 6.45) is 27.6. The Kier molecular flexibility index (Phi) is 20.6. The zero-order valence-electron chi connectivity index (χ0n) is 29.4. The van der Waals surface area contributed by atoms with Gasteiger partial charge in [-0.1, -0.05) is 198 Å². The van der Waals surface area contributed by atoms with E-state index in [4.69, 9.17) is 4.43 Å². The van der Waals surface area contributed by atoms with E-state index < -0.39 is 8.32 Å². The van der Waals surface area contributed by atoms with Crippen molar-refractivity contribution >= 4 is 24.5 Å². The molecule has 0 aromatic heterocycles. The molecule has 248 valence electrons. The fraction of sp³-hybridized carbons (Fsp3) is 0.683. The van der Waals surface area contributed by atoms with E-state index in [2.05, 4.69) is 88.4 Å². The molecule has 0 aliphatic rings. The maximum atomic E-state index is 12.2. The quantitative estimate of drug-likeness (QED) is 0.0733. The van der Waals surface area contributed by atoms with E-state index in [1.807, 2.05) is 0 Å². The molecule has 0 N–H and O–H groups in total. The number of unbranched alkanes of at least 4 members (excludes halogenated alkanes) is 18. The molecule has 0 saturated heterocycles. The molecule has 2 aromatic carbocycles. The summed E-state index contributed by atoms with van der Waals surface area (Å²) in [4.78, 5) is 12.2. The van der Waals surface area contributed by atoms with E-state index in [-0.39, 0.29) is 5.04 Å². The van der Waals surface area contributed by atoms with Gasteiger partial charge in [0, 0.05) is 19.4 Å². The number of carbonyl (C=O) groups excluding carboxylic acids is 1. The molecule has 2 rings (SSSR count). The van der Waals surface area contributed by atoms with Crippen LogP contribution in [0.25, 0.3) is 0 Å². The van der Waals surface area contributed by atoms with Crippen LogP contribution < -0.4 is 10.4 Å². The summed E-state index contributed by atoms with van der Waals surface area (Å²) in [5, 5.41) is 2.80. The zero-order chi connectivity index (χ0) is 31.8. The third-order valence-electron chi connectivity index (χ3n) is 9.39. The van der Waals surface area contributed by atoms with Gasteiger partial charge in [-0.15, -0.1) is 0 Å². The first-order chi connectivity index (χ1) is 21.4. The van der Waals surface area contributed by atoms with Crippen LogP contribution in [-0.4, -0.2) is 20.7 Å². The van der Waals surface area contributed by atoms with Crippen molar-refractivity contribution in [1.29, 1.82) is 0 Å². The van der Waals surface area contributed by atoms with Gasteiger partial charge in [0.25, 0.3) is 8.32 Å². The molecule has 0 atom stereocenters. The number of Topliss-reactive ketones (excluding diaryl/α,β-unsaturated/α-hetero) is 1. The van der Waals surface area contributed by atoms with Gasteiger partial charge in [0.2, 0.25) is 0 Å². The highest BCUT2D eigenvalue weighted by molar-refractivity contribution is 6.99. The highest BCUT2D eigenvalue weighted by Crippen LogP contribution is 2.36. The first kappa shape index (κ1) is 38.5. The van der Waals surface area contributed by atoms with E-state index in [1.165, 1.54) is 120 Å². The van der Waals surface area contributed by atoms with Crippen LogP contribution in [-0.2, 0) is 9.22 Å². The molecule has 0 aliphatic heterocycles. The minimum absolute atomic E-state index is 0.0513. The Labute approximate surface area is 274 Å². The Morgan fingerprint density at radius 2 is 0.864 bits per heavy atom. The van der Waals surface area contributed by atoms with E-state index in [1.54, 1.807) is 0 Å². The van der Waals surface area contributed by atoms with Gasteiger partial charge in [-0.3, -0.25) is 4.79 Å². The highest BCUT2D eigenvalue weighted by atomic mass is 28.4. The molecule has 0 aliphatic carbocycles. The Hall–Kier alpha value is -1.71. The molecule has 0 amide bonds. The molecule has 0 fully saturated rings. The first-order valence-electron chi connectivity index (χ1n) is 18.7. The van der Waals surface area contributed by atoms with Crippen LogP contribution in [0.1, 0.15) is 169 Å². The SMILES string of the molecule is CCCCCCCCCCCCC(=O)CCCCCCCCCCCCO[Si](c1ccccc1)(c1ccccc1)C(C)(C)C. The topological polar surface area (TPSA) is 26.3 Å². The minimum atomic E-state index is -2.39. The van der Waals surface area contributed by atoms with Crippen LogP contribution in [0.2, 0.25) is 5.04 Å². The molecule has 0 unspecified atom stereocenters. The van der Waals surface area contributed by atoms with Crippen molar-refractivity contribution < 1.29 is 9.22 Å². The van der Waals surface area contributed by atoms with Crippen molar-refractivity contribution in [2.45, 2.75) is 174 Å². The van der Waals surface area contributed by atoms with Crippen molar-refractivity contribution in [1.82, 2.24) is 0 Å². The second kappa shape index (κ2) is 23.6. The number of carbonyl (C=O) groups is 1. The molecule has 0 bridgehead atoms. The van der Waals surface area contributed by atoms with Gasteiger partial charge in [0.1, 0.15) is 5.78 Å². The van der Waals surface area contributed by atoms with Crippen LogP contribution in [0.3, 0.4) is 0 Å². The lowest BCUT2D eigenvalue weighted by molar-refractivity contribution is -0.119. The fourth-order valence-electron chi connectivity index (χ4n) is 6.76. The van der Waals surface area contributed by atoms with Gasteiger partial charge in [-0.2, -0.15) is 0 Å². The van der Waals surface area contributed by atoms with Crippen molar-refractivity contribution in [3.63, 3.8) is 0 Å². The second-order valence-electron chi connectivity index (χ2n) is 14.3. The molecule has 2 aromatic rings. The summed E-state index contributed by atoms with van der Waals surface area (Å²) in [5.74, 6) is 0.503. The van der Waals surface area contributed by atoms with Crippen LogP contribution in [0.5, 0.6) is 0 Å². The predicted molar refractivity (Wildman–Crippen MR) is 196 cm³/mol. The third-order valence-corrected chi connectivity index (χ3v) is 14.4. The molecule has 2 nitrogen and oxygen atoms in total. The summed E-state index contributed by atoms with van der Waals surface area (Å²) in [7, 11) is -2.39. The van der Waals surface area contributed by atoms with Crippen molar-refractivity contribution in [2.24, 2.45) is 0 Å². The second-order valence-corrected chi connectivity index (χ2v) is 18.6. The Balaban J connectivity index is 1.48. The van der Waals surface area contributed by atoms with Gasteiger partial charge in [-0.05, 0) is 34.7 Å². The maximum Gasteiger partial charge on any atom is 0.261 e. The molecular formula is C41H68O2Si. The molecule has 0 heterocycles. The van der Waals surface area contributed by atoms with Crippen LogP contribution in [0.15, 0.2) is 60.7 Å². The Morgan fingerprint density at radius 3 is 1.23 bits per heavy atom. The Morgan fingerprint density at radius 1 is 0.523 bits per heavy atom. The van der Waals surface area contributed by atoms with E-state index in [0.717, 1.165) is 38.7 Å². The Bertz CT molecular complexity index is 910. The summed E-state index contributed by atoms with van der Waals surface area (Å²) in [6, 6.07) is 22.0. The molecule has 44 heavy (non-hydrogen) atoms. The van der Waals surface area contributed by atoms with E-state index in [9.17, 15) is 4.79 Å². The van der Waals surface area contributed by atoms with Gasteiger partial charge < -0.3 is 4.43 Å². The maximum absolute atomic E-state index is 12.2. The molecule has 0 radical (unpaired) electrons. The van der Waals surface area contributed by atoms with E-state index in [0.29, 0.717) is 5.78 Å². The largest absolute Gasteiger partial charge is 0.407 e. The predicted octanol–water partition coefficient (Wildman–Crippen LogP) is 11.7. The molecule has 0 spiro atoms. The lowest BCUT2D eigenvalue weighted by Gasteiger charge is -2.43. The van der Waals surface area contributed by atoms with Crippen LogP contribution >= 0.6 is 0 Å². The van der Waals surface area contributed by atoms with Crippen molar-refractivity contribution in [3.05, 3.63) is 60.7 Å². The average molecular weight is 621 g/mol. The lowest BCUT2D eigenvalue weighted by atomic mass is 10.0. The standard InChI is InChI=1S/C41H68O2Si/c1-5-6-7-8-9-10-13-16-19-24-31-38(42)32-25-20-17-14-11-12-15-18-21-30-37-43-44(41(2,3)4,39-33-26-22-27-34-39)40-35-28-23-29-36-40/h22-23,26-29,33-36H,5-21,24-25,30-32,37H2,1-4H3. The van der Waals surface area contributed by atoms with Crippen molar-refractivity contribution in [2.75, 3.05) is 6.61 Å². The molecule has 0 saturated carbocycles. The van der Waals surface area contributed by atoms with E-state index >= 15 is 0 Å².